The van der Waals surface area contributed by atoms with Gasteiger partial charge < -0.3 is 9.84 Å². The Morgan fingerprint density at radius 2 is 1.85 bits per heavy atom. The quantitative estimate of drug-likeness (QED) is 0.763. The fraction of sp³-hybridized carbons (Fsp3) is 0.0625. The first-order valence-corrected chi connectivity index (χ1v) is 6.27. The van der Waals surface area contributed by atoms with Crippen LogP contribution in [0.25, 0.3) is 22.5 Å². The summed E-state index contributed by atoms with van der Waals surface area (Å²) in [6.45, 7) is 0. The number of aromatic nitrogens is 2. The minimum Gasteiger partial charge on any atom is -0.507 e. The molecule has 3 rings (SSSR count). The van der Waals surface area contributed by atoms with E-state index in [0.29, 0.717) is 11.3 Å². The van der Waals surface area contributed by atoms with E-state index >= 15 is 0 Å². The molecule has 4 nitrogen and oxygen atoms in total. The van der Waals surface area contributed by atoms with Crippen LogP contribution in [0.5, 0.6) is 11.5 Å². The molecule has 0 aliphatic carbocycles. The first kappa shape index (κ1) is 12.3. The molecule has 1 heterocycles. The largest absolute Gasteiger partial charge is 0.507 e. The highest BCUT2D eigenvalue weighted by molar-refractivity contribution is 5.76. The van der Waals surface area contributed by atoms with Crippen molar-refractivity contribution in [3.05, 3.63) is 54.6 Å². The Kier molecular flexibility index (Phi) is 3.13. The number of nitrogens with zero attached hydrogens (tertiary/aromatic N) is 1. The maximum Gasteiger partial charge on any atom is 0.131 e. The first-order valence-electron chi connectivity index (χ1n) is 6.27. The van der Waals surface area contributed by atoms with Gasteiger partial charge in [-0.2, -0.15) is 5.10 Å². The van der Waals surface area contributed by atoms with Gasteiger partial charge in [0.15, 0.2) is 0 Å². The van der Waals surface area contributed by atoms with E-state index in [1.807, 2.05) is 36.4 Å². The van der Waals surface area contributed by atoms with Crippen LogP contribution < -0.4 is 4.74 Å². The Morgan fingerprint density at radius 1 is 1.05 bits per heavy atom. The summed E-state index contributed by atoms with van der Waals surface area (Å²) < 4.78 is 5.29. The highest BCUT2D eigenvalue weighted by atomic mass is 16.5. The minimum absolute atomic E-state index is 0.160. The third kappa shape index (κ3) is 2.12. The van der Waals surface area contributed by atoms with E-state index in [1.165, 1.54) is 0 Å². The first-order chi connectivity index (χ1) is 9.79. The third-order valence-corrected chi connectivity index (χ3v) is 3.14. The molecule has 0 spiro atoms. The van der Waals surface area contributed by atoms with E-state index in [9.17, 15) is 5.11 Å². The molecule has 0 aliphatic rings. The van der Waals surface area contributed by atoms with Crippen LogP contribution in [0.15, 0.2) is 54.6 Å². The number of methoxy groups -OCH3 is 1. The van der Waals surface area contributed by atoms with E-state index in [2.05, 4.69) is 10.2 Å². The van der Waals surface area contributed by atoms with Crippen molar-refractivity contribution in [2.24, 2.45) is 0 Å². The second-order valence-corrected chi connectivity index (χ2v) is 4.39. The molecule has 20 heavy (non-hydrogen) atoms. The highest BCUT2D eigenvalue weighted by Crippen LogP contribution is 2.37. The summed E-state index contributed by atoms with van der Waals surface area (Å²) in [6.07, 6.45) is 0. The molecule has 0 unspecified atom stereocenters. The number of hydrogen-bond donors (Lipinski definition) is 2. The van der Waals surface area contributed by atoms with Gasteiger partial charge in [0, 0.05) is 5.56 Å². The van der Waals surface area contributed by atoms with Crippen LogP contribution in [-0.2, 0) is 0 Å². The number of hydrogen-bond acceptors (Lipinski definition) is 3. The Balaban J connectivity index is 2.07. The van der Waals surface area contributed by atoms with Crippen LogP contribution in [0.4, 0.5) is 0 Å². The second-order valence-electron chi connectivity index (χ2n) is 4.39. The van der Waals surface area contributed by atoms with E-state index in [4.69, 9.17) is 4.74 Å². The van der Waals surface area contributed by atoms with Crippen LogP contribution >= 0.6 is 0 Å². The summed E-state index contributed by atoms with van der Waals surface area (Å²) in [6, 6.07) is 16.9. The van der Waals surface area contributed by atoms with Gasteiger partial charge in [-0.05, 0) is 18.2 Å². The summed E-state index contributed by atoms with van der Waals surface area (Å²) in [5, 5.41) is 17.3. The van der Waals surface area contributed by atoms with Gasteiger partial charge in [-0.1, -0.05) is 36.4 Å². The van der Waals surface area contributed by atoms with Gasteiger partial charge in [0.05, 0.1) is 24.1 Å². The maximum atomic E-state index is 10.0. The lowest BCUT2D eigenvalue weighted by atomic mass is 10.1. The van der Waals surface area contributed by atoms with Gasteiger partial charge in [-0.25, -0.2) is 0 Å². The molecule has 100 valence electrons. The molecule has 3 aromatic rings. The molecule has 0 radical (unpaired) electrons. The zero-order valence-electron chi connectivity index (χ0n) is 11.0. The zero-order valence-corrected chi connectivity index (χ0v) is 11.0. The number of aromatic hydroxyl groups is 1. The van der Waals surface area contributed by atoms with Crippen LogP contribution in [0.1, 0.15) is 0 Å². The zero-order chi connectivity index (χ0) is 13.9. The van der Waals surface area contributed by atoms with E-state index in [1.54, 1.807) is 25.3 Å². The number of H-pyrrole nitrogens is 1. The molecule has 0 aliphatic heterocycles. The minimum atomic E-state index is 0.160. The van der Waals surface area contributed by atoms with Crippen molar-refractivity contribution in [1.29, 1.82) is 0 Å². The number of rotatable bonds is 3. The van der Waals surface area contributed by atoms with Gasteiger partial charge in [-0.15, -0.1) is 0 Å². The number of ether oxygens (including phenoxy) is 1. The summed E-state index contributed by atoms with van der Waals surface area (Å²) in [5.74, 6) is 0.765. The van der Waals surface area contributed by atoms with Crippen LogP contribution in [0.3, 0.4) is 0 Å². The number of nitrogens with one attached hydrogen (secondary N) is 1. The SMILES string of the molecule is COc1cccc(O)c1-c1cc(-c2ccccc2)n[nH]1. The maximum absolute atomic E-state index is 10.0. The molecule has 0 fully saturated rings. The monoisotopic (exact) mass is 266 g/mol. The van der Waals surface area contributed by atoms with Crippen molar-refractivity contribution < 1.29 is 9.84 Å². The average molecular weight is 266 g/mol. The molecular formula is C16H14N2O2. The molecule has 0 bridgehead atoms. The number of phenolic OH excluding ortho intramolecular Hbond substituents is 1. The fourth-order valence-electron chi connectivity index (χ4n) is 2.17. The van der Waals surface area contributed by atoms with Crippen LogP contribution in [0.2, 0.25) is 0 Å². The van der Waals surface area contributed by atoms with Crippen molar-refractivity contribution in [2.75, 3.05) is 7.11 Å². The molecule has 0 amide bonds. The molecule has 2 N–H and O–H groups in total. The highest BCUT2D eigenvalue weighted by Gasteiger charge is 2.14. The van der Waals surface area contributed by atoms with E-state index < -0.39 is 0 Å². The van der Waals surface area contributed by atoms with Gasteiger partial charge in [0.2, 0.25) is 0 Å². The number of benzene rings is 2. The van der Waals surface area contributed by atoms with Crippen molar-refractivity contribution in [1.82, 2.24) is 10.2 Å². The lowest BCUT2D eigenvalue weighted by molar-refractivity contribution is 0.410. The molecule has 4 heteroatoms. The molecule has 0 saturated heterocycles. The van der Waals surface area contributed by atoms with Crippen molar-refractivity contribution in [3.8, 4) is 34.0 Å². The van der Waals surface area contributed by atoms with Crippen molar-refractivity contribution in [3.63, 3.8) is 0 Å². The summed E-state index contributed by atoms with van der Waals surface area (Å²) >= 11 is 0. The van der Waals surface area contributed by atoms with Crippen LogP contribution in [-0.4, -0.2) is 22.4 Å². The normalized spacial score (nSPS) is 10.4. The number of phenols is 1. The van der Waals surface area contributed by atoms with Gasteiger partial charge >= 0.3 is 0 Å². The molecular weight excluding hydrogens is 252 g/mol. The second kappa shape index (κ2) is 5.09. The fourth-order valence-corrected chi connectivity index (χ4v) is 2.17. The summed E-state index contributed by atoms with van der Waals surface area (Å²) in [7, 11) is 1.58. The molecule has 2 aromatic carbocycles. The van der Waals surface area contributed by atoms with E-state index in [-0.39, 0.29) is 5.75 Å². The predicted molar refractivity (Wildman–Crippen MR) is 77.7 cm³/mol. The molecule has 1 aromatic heterocycles. The standard InChI is InChI=1S/C16H14N2O2/c1-20-15-9-5-8-14(19)16(15)13-10-12(17-18-13)11-6-3-2-4-7-11/h2-10,19H,1H3,(H,17,18). The summed E-state index contributed by atoms with van der Waals surface area (Å²) in [5.41, 5.74) is 3.18. The molecule has 0 atom stereocenters. The Hall–Kier alpha value is -2.75. The van der Waals surface area contributed by atoms with Gasteiger partial charge in [-0.3, -0.25) is 5.10 Å². The number of aromatic amines is 1. The van der Waals surface area contributed by atoms with Gasteiger partial charge in [0.25, 0.3) is 0 Å². The van der Waals surface area contributed by atoms with E-state index in [0.717, 1.165) is 17.0 Å². The Morgan fingerprint density at radius 3 is 2.60 bits per heavy atom. The Labute approximate surface area is 116 Å². The average Bonchev–Trinajstić information content (AvgIpc) is 2.97. The van der Waals surface area contributed by atoms with Gasteiger partial charge in [0.1, 0.15) is 11.5 Å². The summed E-state index contributed by atoms with van der Waals surface area (Å²) in [4.78, 5) is 0. The third-order valence-electron chi connectivity index (χ3n) is 3.14. The smallest absolute Gasteiger partial charge is 0.131 e. The van der Waals surface area contributed by atoms with Crippen molar-refractivity contribution >= 4 is 0 Å². The predicted octanol–water partition coefficient (Wildman–Crippen LogP) is 3.46. The van der Waals surface area contributed by atoms with Crippen LogP contribution in [0, 0.1) is 0 Å². The van der Waals surface area contributed by atoms with Crippen molar-refractivity contribution in [2.45, 2.75) is 0 Å². The Bertz CT molecular complexity index is 720. The lowest BCUT2D eigenvalue weighted by Gasteiger charge is -2.07. The topological polar surface area (TPSA) is 58.1 Å². The lowest BCUT2D eigenvalue weighted by Crippen LogP contribution is -1.88. The molecule has 0 saturated carbocycles.